The fourth-order valence-electron chi connectivity index (χ4n) is 1.85. The highest BCUT2D eigenvalue weighted by atomic mass is 32.2. The predicted octanol–water partition coefficient (Wildman–Crippen LogP) is -1.09. The van der Waals surface area contributed by atoms with Crippen LogP contribution >= 0.6 is 0 Å². The first-order valence-electron chi connectivity index (χ1n) is 4.37. The van der Waals surface area contributed by atoms with Gasteiger partial charge in [-0.3, -0.25) is 4.79 Å². The third kappa shape index (κ3) is 1.44. The van der Waals surface area contributed by atoms with Crippen LogP contribution in [-0.2, 0) is 14.8 Å². The maximum Gasteiger partial charge on any atom is 0.238 e. The molecule has 0 aromatic heterocycles. The molecule has 2 heterocycles. The fraction of sp³-hybridized carbons (Fsp3) is 0.857. The van der Waals surface area contributed by atoms with Crippen molar-refractivity contribution in [2.24, 2.45) is 0 Å². The predicted molar refractivity (Wildman–Crippen MR) is 46.5 cm³/mol. The van der Waals surface area contributed by atoms with Crippen molar-refractivity contribution in [3.63, 3.8) is 0 Å². The van der Waals surface area contributed by atoms with Crippen LogP contribution in [0.25, 0.3) is 0 Å². The Balaban J connectivity index is 2.24. The molecule has 0 bridgehead atoms. The minimum absolute atomic E-state index is 0.0116. The van der Waals surface area contributed by atoms with E-state index in [1.54, 1.807) is 0 Å². The summed E-state index contributed by atoms with van der Waals surface area (Å²) in [5.41, 5.74) is 0. The van der Waals surface area contributed by atoms with Crippen molar-refractivity contribution in [1.29, 1.82) is 0 Å². The number of sulfonamides is 1. The molecular formula is C7H12N2O3S. The van der Waals surface area contributed by atoms with E-state index in [0.29, 0.717) is 6.54 Å². The average molecular weight is 204 g/mol. The third-order valence-electron chi connectivity index (χ3n) is 2.49. The van der Waals surface area contributed by atoms with Gasteiger partial charge in [0.2, 0.25) is 15.9 Å². The van der Waals surface area contributed by atoms with Crippen molar-refractivity contribution in [3.8, 4) is 0 Å². The highest BCUT2D eigenvalue weighted by molar-refractivity contribution is 7.90. The van der Waals surface area contributed by atoms with Gasteiger partial charge in [-0.05, 0) is 13.0 Å². The summed E-state index contributed by atoms with van der Waals surface area (Å²) in [5, 5.41) is 3.05. The monoisotopic (exact) mass is 204 g/mol. The Hall–Kier alpha value is -0.620. The molecule has 2 rings (SSSR count). The van der Waals surface area contributed by atoms with Gasteiger partial charge in [0.15, 0.2) is 0 Å². The van der Waals surface area contributed by atoms with Crippen molar-refractivity contribution in [2.75, 3.05) is 18.8 Å². The van der Waals surface area contributed by atoms with Gasteiger partial charge >= 0.3 is 0 Å². The molecule has 74 valence electrons. The lowest BCUT2D eigenvalue weighted by Crippen LogP contribution is -2.40. The van der Waals surface area contributed by atoms with Gasteiger partial charge in [-0.15, -0.1) is 0 Å². The Labute approximate surface area is 77.1 Å². The SMILES string of the molecule is O=C1CCS(=O)(=O)N1C1CCNC1. The molecule has 1 atom stereocenters. The Morgan fingerprint density at radius 2 is 2.23 bits per heavy atom. The molecule has 2 aliphatic heterocycles. The second-order valence-corrected chi connectivity index (χ2v) is 5.37. The van der Waals surface area contributed by atoms with E-state index in [2.05, 4.69) is 5.32 Å². The summed E-state index contributed by atoms with van der Waals surface area (Å²) < 4.78 is 23.9. The molecule has 0 aromatic rings. The lowest BCUT2D eigenvalue weighted by atomic mass is 10.2. The van der Waals surface area contributed by atoms with E-state index >= 15 is 0 Å². The number of carbonyl (C=O) groups is 1. The summed E-state index contributed by atoms with van der Waals surface area (Å²) in [7, 11) is -3.28. The zero-order chi connectivity index (χ0) is 9.47. The molecule has 1 N–H and O–H groups in total. The molecule has 0 radical (unpaired) electrons. The van der Waals surface area contributed by atoms with E-state index in [4.69, 9.17) is 0 Å². The molecule has 5 nitrogen and oxygen atoms in total. The first-order chi connectivity index (χ1) is 6.11. The smallest absolute Gasteiger partial charge is 0.238 e. The van der Waals surface area contributed by atoms with Gasteiger partial charge in [0.1, 0.15) is 0 Å². The fourth-order valence-corrected chi connectivity index (χ4v) is 3.52. The van der Waals surface area contributed by atoms with Crippen LogP contribution in [0.1, 0.15) is 12.8 Å². The van der Waals surface area contributed by atoms with Crippen LogP contribution in [0.5, 0.6) is 0 Å². The molecule has 0 aliphatic carbocycles. The molecule has 2 fully saturated rings. The molecular weight excluding hydrogens is 192 g/mol. The Morgan fingerprint density at radius 1 is 1.46 bits per heavy atom. The van der Waals surface area contributed by atoms with E-state index in [1.165, 1.54) is 0 Å². The quantitative estimate of drug-likeness (QED) is 0.589. The molecule has 13 heavy (non-hydrogen) atoms. The van der Waals surface area contributed by atoms with Gasteiger partial charge in [0.05, 0.1) is 11.8 Å². The van der Waals surface area contributed by atoms with Crippen LogP contribution in [0.4, 0.5) is 0 Å². The van der Waals surface area contributed by atoms with E-state index in [-0.39, 0.29) is 24.1 Å². The van der Waals surface area contributed by atoms with Gasteiger partial charge in [-0.25, -0.2) is 12.7 Å². The summed E-state index contributed by atoms with van der Waals surface area (Å²) in [6, 6.07) is -0.139. The average Bonchev–Trinajstić information content (AvgIpc) is 2.60. The summed E-state index contributed by atoms with van der Waals surface area (Å²) in [6.07, 6.45) is 0.893. The van der Waals surface area contributed by atoms with Crippen molar-refractivity contribution >= 4 is 15.9 Å². The van der Waals surface area contributed by atoms with Crippen molar-refractivity contribution in [3.05, 3.63) is 0 Å². The van der Waals surface area contributed by atoms with Gasteiger partial charge < -0.3 is 5.32 Å². The van der Waals surface area contributed by atoms with Crippen molar-refractivity contribution < 1.29 is 13.2 Å². The first kappa shape index (κ1) is 8.96. The molecule has 1 amide bonds. The minimum Gasteiger partial charge on any atom is -0.315 e. The Kier molecular flexibility index (Phi) is 2.03. The van der Waals surface area contributed by atoms with Gasteiger partial charge in [0.25, 0.3) is 0 Å². The van der Waals surface area contributed by atoms with Crippen molar-refractivity contribution in [2.45, 2.75) is 18.9 Å². The maximum absolute atomic E-state index is 11.4. The van der Waals surface area contributed by atoms with Crippen LogP contribution in [0.3, 0.4) is 0 Å². The lowest BCUT2D eigenvalue weighted by Gasteiger charge is -2.21. The lowest BCUT2D eigenvalue weighted by molar-refractivity contribution is -0.126. The van der Waals surface area contributed by atoms with Gasteiger partial charge in [-0.2, -0.15) is 0 Å². The van der Waals surface area contributed by atoms with E-state index < -0.39 is 10.0 Å². The molecule has 2 aliphatic rings. The van der Waals surface area contributed by atoms with E-state index in [0.717, 1.165) is 17.3 Å². The molecule has 1 unspecified atom stereocenters. The number of hydrogen-bond acceptors (Lipinski definition) is 4. The summed E-state index contributed by atoms with van der Waals surface area (Å²) in [4.78, 5) is 11.3. The molecule has 6 heteroatoms. The topological polar surface area (TPSA) is 66.5 Å². The highest BCUT2D eigenvalue weighted by Crippen LogP contribution is 2.21. The largest absolute Gasteiger partial charge is 0.315 e. The normalized spacial score (nSPS) is 32.8. The Bertz CT molecular complexity index is 319. The second-order valence-electron chi connectivity index (χ2n) is 3.40. The molecule has 2 saturated heterocycles. The number of nitrogens with zero attached hydrogens (tertiary/aromatic N) is 1. The highest BCUT2D eigenvalue weighted by Gasteiger charge is 2.40. The van der Waals surface area contributed by atoms with Gasteiger partial charge in [0, 0.05) is 13.0 Å². The van der Waals surface area contributed by atoms with E-state index in [9.17, 15) is 13.2 Å². The number of nitrogens with one attached hydrogen (secondary N) is 1. The zero-order valence-electron chi connectivity index (χ0n) is 7.19. The van der Waals surface area contributed by atoms with Crippen molar-refractivity contribution in [1.82, 2.24) is 9.62 Å². The summed E-state index contributed by atoms with van der Waals surface area (Å²) in [6.45, 7) is 1.40. The standard InChI is InChI=1S/C7H12N2O3S/c10-7-2-4-13(11,12)9(7)6-1-3-8-5-6/h6,8H,1-5H2. The second kappa shape index (κ2) is 2.95. The summed E-state index contributed by atoms with van der Waals surface area (Å²) >= 11 is 0. The van der Waals surface area contributed by atoms with Crippen LogP contribution in [0.15, 0.2) is 0 Å². The molecule has 0 spiro atoms. The third-order valence-corrected chi connectivity index (χ3v) is 4.31. The minimum atomic E-state index is -3.28. The zero-order valence-corrected chi connectivity index (χ0v) is 8.01. The summed E-state index contributed by atoms with van der Waals surface area (Å²) in [5.74, 6) is -0.254. The number of rotatable bonds is 1. The van der Waals surface area contributed by atoms with Gasteiger partial charge in [-0.1, -0.05) is 0 Å². The number of carbonyl (C=O) groups excluding carboxylic acids is 1. The number of hydrogen-bond donors (Lipinski definition) is 1. The molecule has 0 aromatic carbocycles. The van der Waals surface area contributed by atoms with Crippen LogP contribution in [0, 0.1) is 0 Å². The number of amides is 1. The molecule has 0 saturated carbocycles. The maximum atomic E-state index is 11.4. The Morgan fingerprint density at radius 3 is 2.69 bits per heavy atom. The van der Waals surface area contributed by atoms with Crippen LogP contribution in [0.2, 0.25) is 0 Å². The van der Waals surface area contributed by atoms with E-state index in [1.807, 2.05) is 0 Å². The van der Waals surface area contributed by atoms with Crippen LogP contribution < -0.4 is 5.32 Å². The van der Waals surface area contributed by atoms with Crippen LogP contribution in [-0.4, -0.2) is 43.5 Å². The first-order valence-corrected chi connectivity index (χ1v) is 5.98.